The second-order valence-electron chi connectivity index (χ2n) is 5.98. The maximum Gasteiger partial charge on any atom is 0.217 e. The number of aliphatic hydroxyl groups excluding tert-OH is 2. The highest BCUT2D eigenvalue weighted by Gasteiger charge is 2.55. The Hall–Kier alpha value is -1.10. The quantitative estimate of drug-likeness (QED) is 0.464. The third-order valence-electron chi connectivity index (χ3n) is 4.49. The van der Waals surface area contributed by atoms with Crippen LogP contribution in [-0.2, 0) is 19.9 Å². The van der Waals surface area contributed by atoms with Gasteiger partial charge < -0.3 is 20.3 Å². The summed E-state index contributed by atoms with van der Waals surface area (Å²) < 4.78 is 20.9. The number of ether oxygens (including phenoxy) is 1. The molecule has 0 spiro atoms. The van der Waals surface area contributed by atoms with E-state index in [1.54, 1.807) is 0 Å². The van der Waals surface area contributed by atoms with Gasteiger partial charge in [0.05, 0.1) is 25.9 Å². The summed E-state index contributed by atoms with van der Waals surface area (Å²) in [7, 11) is 2.88. The first-order chi connectivity index (χ1) is 11.8. The molecule has 0 aliphatic carbocycles. The molecule has 9 heteroatoms. The molecule has 2 rings (SSSR count). The van der Waals surface area contributed by atoms with E-state index in [1.807, 2.05) is 0 Å². The van der Waals surface area contributed by atoms with Gasteiger partial charge in [-0.1, -0.05) is 15.9 Å². The van der Waals surface area contributed by atoms with Crippen molar-refractivity contribution in [3.8, 4) is 0 Å². The van der Waals surface area contributed by atoms with E-state index in [2.05, 4.69) is 21.2 Å². The fourth-order valence-corrected chi connectivity index (χ4v) is 3.59. The van der Waals surface area contributed by atoms with Gasteiger partial charge in [0.25, 0.3) is 0 Å². The molecule has 7 nitrogen and oxygen atoms in total. The molecule has 3 N–H and O–H groups in total. The number of aliphatic hydroxyl groups is 2. The predicted molar refractivity (Wildman–Crippen MR) is 90.7 cm³/mol. The minimum atomic E-state index is -1.32. The number of benzene rings is 1. The largest absolute Gasteiger partial charge is 0.396 e. The molecule has 1 aliphatic rings. The molecule has 0 saturated carbocycles. The summed E-state index contributed by atoms with van der Waals surface area (Å²) in [5.74, 6) is -1.75. The Bertz CT molecular complexity index is 635. The molecule has 0 radical (unpaired) electrons. The summed E-state index contributed by atoms with van der Waals surface area (Å²) in [5.41, 5.74) is -1.15. The number of nitrogens with zero attached hydrogens (tertiary/aromatic N) is 1. The highest BCUT2D eigenvalue weighted by molar-refractivity contribution is 9.10. The monoisotopic (exact) mass is 420 g/mol. The summed E-state index contributed by atoms with van der Waals surface area (Å²) in [4.78, 5) is 16.8. The smallest absolute Gasteiger partial charge is 0.217 e. The van der Waals surface area contributed by atoms with Gasteiger partial charge in [0.1, 0.15) is 11.9 Å². The van der Waals surface area contributed by atoms with E-state index in [0.717, 1.165) is 5.06 Å². The van der Waals surface area contributed by atoms with Crippen LogP contribution in [0.25, 0.3) is 0 Å². The van der Waals surface area contributed by atoms with Gasteiger partial charge in [0.2, 0.25) is 5.91 Å². The van der Waals surface area contributed by atoms with E-state index in [1.165, 1.54) is 39.3 Å². The fraction of sp³-hybridized carbons (Fsp3) is 0.562. The Morgan fingerprint density at radius 1 is 1.64 bits per heavy atom. The Labute approximate surface area is 153 Å². The average Bonchev–Trinajstić information content (AvgIpc) is 2.93. The van der Waals surface area contributed by atoms with Crippen LogP contribution in [-0.4, -0.2) is 60.9 Å². The third-order valence-corrected chi connectivity index (χ3v) is 4.99. The van der Waals surface area contributed by atoms with Crippen LogP contribution in [0.2, 0.25) is 0 Å². The number of halogens is 2. The maximum absolute atomic E-state index is 14.6. The zero-order valence-electron chi connectivity index (χ0n) is 14.2. The van der Waals surface area contributed by atoms with Crippen molar-refractivity contribution < 1.29 is 29.0 Å². The number of hydrogen-bond acceptors (Lipinski definition) is 6. The number of nitrogens with one attached hydrogen (secondary N) is 1. The summed E-state index contributed by atoms with van der Waals surface area (Å²) >= 11 is 3.29. The van der Waals surface area contributed by atoms with Crippen molar-refractivity contribution in [2.45, 2.75) is 24.8 Å². The number of amides is 1. The molecule has 1 fully saturated rings. The first kappa shape index (κ1) is 20.2. The van der Waals surface area contributed by atoms with Crippen molar-refractivity contribution in [3.05, 3.63) is 34.1 Å². The van der Waals surface area contributed by atoms with Crippen LogP contribution >= 0.6 is 15.9 Å². The van der Waals surface area contributed by atoms with Crippen molar-refractivity contribution >= 4 is 21.8 Å². The van der Waals surface area contributed by atoms with E-state index >= 15 is 0 Å². The van der Waals surface area contributed by atoms with Gasteiger partial charge in [0, 0.05) is 29.9 Å². The molecule has 0 aromatic heterocycles. The molecule has 1 aromatic rings. The first-order valence-electron chi connectivity index (χ1n) is 7.68. The van der Waals surface area contributed by atoms with Gasteiger partial charge >= 0.3 is 0 Å². The Balaban J connectivity index is 2.53. The zero-order chi connectivity index (χ0) is 18.8. The predicted octanol–water partition coefficient (Wildman–Crippen LogP) is 0.738. The van der Waals surface area contributed by atoms with Crippen LogP contribution in [0.1, 0.15) is 12.5 Å². The molecule has 1 aromatic carbocycles. The zero-order valence-corrected chi connectivity index (χ0v) is 15.8. The van der Waals surface area contributed by atoms with Gasteiger partial charge in [-0.3, -0.25) is 9.63 Å². The molecular weight excluding hydrogens is 399 g/mol. The van der Waals surface area contributed by atoms with E-state index in [9.17, 15) is 19.4 Å². The van der Waals surface area contributed by atoms with E-state index in [0.29, 0.717) is 4.47 Å². The lowest BCUT2D eigenvalue weighted by Crippen LogP contribution is -2.55. The first-order valence-corrected chi connectivity index (χ1v) is 8.48. The number of hydrogen-bond donors (Lipinski definition) is 3. The van der Waals surface area contributed by atoms with Crippen molar-refractivity contribution in [1.29, 1.82) is 0 Å². The number of hydroxylamine groups is 2. The second kappa shape index (κ2) is 8.07. The standard InChI is InChI=1S/C16H22BrFN2O5/c1-9(22)19-16(11-6-10(17)4-5-13(11)18)8-25-14(12(16)7-21)15(23)20(2)24-3/h4-6,12,14-15,21,23H,7-8H2,1-3H3,(H,19,22)/t12-,14?,15-,16-/m1/s1. The minimum Gasteiger partial charge on any atom is -0.396 e. The average molecular weight is 421 g/mol. The van der Waals surface area contributed by atoms with E-state index in [-0.39, 0.29) is 12.2 Å². The van der Waals surface area contributed by atoms with Crippen LogP contribution in [0.15, 0.2) is 22.7 Å². The normalized spacial score (nSPS) is 27.5. The van der Waals surface area contributed by atoms with Gasteiger partial charge in [-0.2, -0.15) is 5.06 Å². The molecule has 1 amide bonds. The van der Waals surface area contributed by atoms with Gasteiger partial charge in [0.15, 0.2) is 6.23 Å². The van der Waals surface area contributed by atoms with Gasteiger partial charge in [-0.15, -0.1) is 0 Å². The number of carbonyl (C=O) groups is 1. The fourth-order valence-electron chi connectivity index (χ4n) is 3.23. The molecule has 1 heterocycles. The lowest BCUT2D eigenvalue weighted by atomic mass is 9.77. The summed E-state index contributed by atoms with van der Waals surface area (Å²) in [6, 6.07) is 4.34. The topological polar surface area (TPSA) is 91.3 Å². The molecule has 140 valence electrons. The van der Waals surface area contributed by atoms with Crippen molar-refractivity contribution in [2.24, 2.45) is 5.92 Å². The molecule has 1 saturated heterocycles. The molecule has 25 heavy (non-hydrogen) atoms. The summed E-state index contributed by atoms with van der Waals surface area (Å²) in [6.45, 7) is 0.757. The summed E-state index contributed by atoms with van der Waals surface area (Å²) in [6.07, 6.45) is -2.12. The summed E-state index contributed by atoms with van der Waals surface area (Å²) in [5, 5.41) is 24.3. The van der Waals surface area contributed by atoms with Gasteiger partial charge in [-0.25, -0.2) is 4.39 Å². The number of rotatable bonds is 6. The molecular formula is C16H22BrFN2O5. The van der Waals surface area contributed by atoms with Crippen LogP contribution in [0.3, 0.4) is 0 Å². The molecule has 4 atom stereocenters. The third kappa shape index (κ3) is 3.86. The second-order valence-corrected chi connectivity index (χ2v) is 6.90. The van der Waals surface area contributed by atoms with E-state index in [4.69, 9.17) is 9.57 Å². The lowest BCUT2D eigenvalue weighted by Gasteiger charge is -2.37. The Morgan fingerprint density at radius 3 is 2.88 bits per heavy atom. The van der Waals surface area contributed by atoms with Crippen molar-refractivity contribution in [3.63, 3.8) is 0 Å². The van der Waals surface area contributed by atoms with Crippen LogP contribution in [0.4, 0.5) is 4.39 Å². The van der Waals surface area contributed by atoms with Crippen molar-refractivity contribution in [2.75, 3.05) is 27.4 Å². The number of likely N-dealkylation sites (N-methyl/N-ethyl adjacent to an activating group) is 1. The molecule has 1 unspecified atom stereocenters. The van der Waals surface area contributed by atoms with Crippen LogP contribution < -0.4 is 5.32 Å². The highest BCUT2D eigenvalue weighted by Crippen LogP contribution is 2.42. The SMILES string of the molecule is CON(C)[C@H](O)C1OC[C@@](NC(C)=O)(c2cc(Br)ccc2F)[C@@H]1CO. The molecule has 1 aliphatic heterocycles. The maximum atomic E-state index is 14.6. The van der Waals surface area contributed by atoms with Gasteiger partial charge in [-0.05, 0) is 18.2 Å². The lowest BCUT2D eigenvalue weighted by molar-refractivity contribution is -0.239. The highest BCUT2D eigenvalue weighted by atomic mass is 79.9. The van der Waals surface area contributed by atoms with E-state index < -0.39 is 42.1 Å². The van der Waals surface area contributed by atoms with Crippen LogP contribution in [0, 0.1) is 11.7 Å². The van der Waals surface area contributed by atoms with Crippen molar-refractivity contribution in [1.82, 2.24) is 10.4 Å². The minimum absolute atomic E-state index is 0.107. The van der Waals surface area contributed by atoms with Crippen LogP contribution in [0.5, 0.6) is 0 Å². The number of carbonyl (C=O) groups excluding carboxylic acids is 1. The Morgan fingerprint density at radius 2 is 2.32 bits per heavy atom. The molecule has 0 bridgehead atoms. The Kier molecular flexibility index (Phi) is 6.52.